The molecule has 1 aromatic carbocycles. The summed E-state index contributed by atoms with van der Waals surface area (Å²) in [6, 6.07) is 6.58. The molecule has 4 nitrogen and oxygen atoms in total. The molecule has 1 N–H and O–H groups in total. The summed E-state index contributed by atoms with van der Waals surface area (Å²) in [4.78, 5) is 21.8. The molecule has 1 rings (SSSR count). The van der Waals surface area contributed by atoms with Crippen LogP contribution >= 0.6 is 15.9 Å². The summed E-state index contributed by atoms with van der Waals surface area (Å²) in [6.45, 7) is 1.25. The Bertz CT molecular complexity index is 401. The van der Waals surface area contributed by atoms with Crippen LogP contribution in [-0.4, -0.2) is 28.3 Å². The minimum atomic E-state index is -1.07. The second-order valence-corrected chi connectivity index (χ2v) is 4.53. The third kappa shape index (κ3) is 3.34. The van der Waals surface area contributed by atoms with Gasteiger partial charge in [-0.2, -0.15) is 0 Å². The van der Waals surface area contributed by atoms with Crippen LogP contribution in [0.4, 0.5) is 0 Å². The van der Waals surface area contributed by atoms with Gasteiger partial charge in [-0.25, -0.2) is 4.79 Å². The number of Topliss-reactive ketones (excluding diaryl/α,β-unsaturated/α-hetero) is 1. The zero-order valence-corrected chi connectivity index (χ0v) is 10.2. The fraction of sp³-hybridized carbons (Fsp3) is 0.273. The van der Waals surface area contributed by atoms with Crippen LogP contribution in [0.1, 0.15) is 17.3 Å². The lowest BCUT2D eigenvalue weighted by atomic mass is 10.1. The maximum Gasteiger partial charge on any atom is 0.341 e. The highest BCUT2D eigenvalue weighted by molar-refractivity contribution is 9.10. The Balaban J connectivity index is 2.91. The van der Waals surface area contributed by atoms with Gasteiger partial charge in [-0.1, -0.05) is 28.1 Å². The maximum absolute atomic E-state index is 11.7. The zero-order valence-electron chi connectivity index (χ0n) is 8.64. The average Bonchev–Trinajstić information content (AvgIpc) is 2.25. The second-order valence-electron chi connectivity index (χ2n) is 3.16. The van der Waals surface area contributed by atoms with Gasteiger partial charge in [0.25, 0.3) is 0 Å². The molecular formula is C11H11BrO4. The van der Waals surface area contributed by atoms with Crippen molar-refractivity contribution in [2.45, 2.75) is 11.8 Å². The zero-order chi connectivity index (χ0) is 12.1. The standard InChI is InChI=1S/C11H11BrO4/c1-7(12)11(15)8-4-2-3-5-9(8)16-6-10(13)14/h2-5,7H,6H2,1H3,(H,13,14). The predicted octanol–water partition coefficient (Wildman–Crippen LogP) is 2.12. The molecule has 1 atom stereocenters. The van der Waals surface area contributed by atoms with Crippen molar-refractivity contribution in [1.82, 2.24) is 0 Å². The molecule has 0 fully saturated rings. The van der Waals surface area contributed by atoms with E-state index in [4.69, 9.17) is 9.84 Å². The number of halogens is 1. The van der Waals surface area contributed by atoms with Crippen molar-refractivity contribution in [3.05, 3.63) is 29.8 Å². The number of carbonyl (C=O) groups is 2. The smallest absolute Gasteiger partial charge is 0.341 e. The summed E-state index contributed by atoms with van der Waals surface area (Å²) in [5.74, 6) is -0.920. The van der Waals surface area contributed by atoms with E-state index in [1.54, 1.807) is 31.2 Å². The first kappa shape index (κ1) is 12.7. The summed E-state index contributed by atoms with van der Waals surface area (Å²) in [7, 11) is 0. The molecule has 0 saturated carbocycles. The molecule has 0 aromatic heterocycles. The molecule has 0 heterocycles. The molecule has 1 aromatic rings. The normalized spacial score (nSPS) is 11.9. The topological polar surface area (TPSA) is 63.6 Å². The molecule has 1 unspecified atom stereocenters. The molecule has 0 spiro atoms. The fourth-order valence-corrected chi connectivity index (χ4v) is 1.40. The molecule has 0 aliphatic rings. The van der Waals surface area contributed by atoms with Crippen LogP contribution in [0, 0.1) is 0 Å². The van der Waals surface area contributed by atoms with Crippen LogP contribution in [0.3, 0.4) is 0 Å². The number of ether oxygens (including phenoxy) is 1. The van der Waals surface area contributed by atoms with E-state index in [0.29, 0.717) is 11.3 Å². The number of carbonyl (C=O) groups excluding carboxylic acids is 1. The number of benzene rings is 1. The molecule has 5 heteroatoms. The molecule has 0 aliphatic carbocycles. The Labute approximate surface area is 101 Å². The molecule has 86 valence electrons. The van der Waals surface area contributed by atoms with Gasteiger partial charge in [0.1, 0.15) is 5.75 Å². The van der Waals surface area contributed by atoms with Gasteiger partial charge in [0.15, 0.2) is 12.4 Å². The Morgan fingerprint density at radius 3 is 2.62 bits per heavy atom. The molecule has 0 amide bonds. The van der Waals surface area contributed by atoms with E-state index in [2.05, 4.69) is 15.9 Å². The van der Waals surface area contributed by atoms with Crippen molar-refractivity contribution in [3.8, 4) is 5.75 Å². The van der Waals surface area contributed by atoms with Crippen molar-refractivity contribution in [1.29, 1.82) is 0 Å². The Morgan fingerprint density at radius 2 is 2.06 bits per heavy atom. The van der Waals surface area contributed by atoms with Gasteiger partial charge in [0, 0.05) is 0 Å². The summed E-state index contributed by atoms with van der Waals surface area (Å²) in [6.07, 6.45) is 0. The van der Waals surface area contributed by atoms with E-state index in [1.165, 1.54) is 0 Å². The first-order valence-electron chi connectivity index (χ1n) is 4.64. The van der Waals surface area contributed by atoms with Crippen molar-refractivity contribution in [2.24, 2.45) is 0 Å². The molecule has 0 saturated heterocycles. The van der Waals surface area contributed by atoms with Gasteiger partial charge in [-0.3, -0.25) is 4.79 Å². The minimum absolute atomic E-state index is 0.138. The predicted molar refractivity (Wildman–Crippen MR) is 62.3 cm³/mol. The lowest BCUT2D eigenvalue weighted by Crippen LogP contribution is -2.15. The van der Waals surface area contributed by atoms with Crippen molar-refractivity contribution in [3.63, 3.8) is 0 Å². The number of carboxylic acid groups (broad SMARTS) is 1. The third-order valence-corrected chi connectivity index (χ3v) is 2.28. The van der Waals surface area contributed by atoms with Gasteiger partial charge >= 0.3 is 5.97 Å². The van der Waals surface area contributed by atoms with Crippen LogP contribution in [0.15, 0.2) is 24.3 Å². The molecule has 0 radical (unpaired) electrons. The monoisotopic (exact) mass is 286 g/mol. The number of aliphatic carboxylic acids is 1. The van der Waals surface area contributed by atoms with Crippen LogP contribution in [0.25, 0.3) is 0 Å². The number of alkyl halides is 1. The summed E-state index contributed by atoms with van der Waals surface area (Å²) < 4.78 is 5.03. The van der Waals surface area contributed by atoms with Crippen LogP contribution in [0.5, 0.6) is 5.75 Å². The molecule has 0 bridgehead atoms. The second kappa shape index (κ2) is 5.65. The largest absolute Gasteiger partial charge is 0.481 e. The Kier molecular flexibility index (Phi) is 4.49. The fourth-order valence-electron chi connectivity index (χ4n) is 1.15. The number of ketones is 1. The van der Waals surface area contributed by atoms with E-state index >= 15 is 0 Å². The molecule has 16 heavy (non-hydrogen) atoms. The van der Waals surface area contributed by atoms with Crippen molar-refractivity contribution >= 4 is 27.7 Å². The number of carboxylic acids is 1. The van der Waals surface area contributed by atoms with Crippen LogP contribution in [-0.2, 0) is 4.79 Å². The van der Waals surface area contributed by atoms with E-state index in [9.17, 15) is 9.59 Å². The lowest BCUT2D eigenvalue weighted by Gasteiger charge is -2.09. The van der Waals surface area contributed by atoms with Crippen LogP contribution < -0.4 is 4.74 Å². The van der Waals surface area contributed by atoms with E-state index in [1.807, 2.05) is 0 Å². The van der Waals surface area contributed by atoms with Gasteiger partial charge in [-0.05, 0) is 19.1 Å². The SMILES string of the molecule is CC(Br)C(=O)c1ccccc1OCC(=O)O. The minimum Gasteiger partial charge on any atom is -0.481 e. The maximum atomic E-state index is 11.7. The number of rotatable bonds is 5. The van der Waals surface area contributed by atoms with Crippen LogP contribution in [0.2, 0.25) is 0 Å². The number of hydrogen-bond donors (Lipinski definition) is 1. The highest BCUT2D eigenvalue weighted by Gasteiger charge is 2.16. The van der Waals surface area contributed by atoms with E-state index in [-0.39, 0.29) is 10.6 Å². The number of para-hydroxylation sites is 1. The number of hydrogen-bond acceptors (Lipinski definition) is 3. The van der Waals surface area contributed by atoms with Gasteiger partial charge in [-0.15, -0.1) is 0 Å². The van der Waals surface area contributed by atoms with Gasteiger partial charge < -0.3 is 9.84 Å². The highest BCUT2D eigenvalue weighted by Crippen LogP contribution is 2.21. The third-order valence-electron chi connectivity index (χ3n) is 1.86. The quantitative estimate of drug-likeness (QED) is 0.665. The molecule has 0 aliphatic heterocycles. The lowest BCUT2D eigenvalue weighted by molar-refractivity contribution is -0.139. The summed E-state index contributed by atoms with van der Waals surface area (Å²) >= 11 is 3.17. The van der Waals surface area contributed by atoms with Gasteiger partial charge in [0.2, 0.25) is 0 Å². The van der Waals surface area contributed by atoms with Crippen molar-refractivity contribution in [2.75, 3.05) is 6.61 Å². The van der Waals surface area contributed by atoms with Gasteiger partial charge in [0.05, 0.1) is 10.4 Å². The summed E-state index contributed by atoms with van der Waals surface area (Å²) in [5, 5.41) is 8.49. The Hall–Kier alpha value is -1.36. The first-order valence-corrected chi connectivity index (χ1v) is 5.56. The van der Waals surface area contributed by atoms with E-state index < -0.39 is 12.6 Å². The summed E-state index contributed by atoms with van der Waals surface area (Å²) in [5.41, 5.74) is 0.383. The Morgan fingerprint density at radius 1 is 1.44 bits per heavy atom. The highest BCUT2D eigenvalue weighted by atomic mass is 79.9. The van der Waals surface area contributed by atoms with E-state index in [0.717, 1.165) is 0 Å². The average molecular weight is 287 g/mol. The first-order chi connectivity index (χ1) is 7.52. The van der Waals surface area contributed by atoms with Crippen molar-refractivity contribution < 1.29 is 19.4 Å². The molecular weight excluding hydrogens is 276 g/mol.